The molecule has 0 amide bonds. The van der Waals surface area contributed by atoms with Gasteiger partial charge in [0.25, 0.3) is 5.56 Å². The van der Waals surface area contributed by atoms with Gasteiger partial charge in [0.2, 0.25) is 0 Å². The second-order valence-electron chi connectivity index (χ2n) is 3.34. The van der Waals surface area contributed by atoms with Crippen LogP contribution in [-0.2, 0) is 6.42 Å². The molecule has 2 N–H and O–H groups in total. The van der Waals surface area contributed by atoms with Gasteiger partial charge in [-0.25, -0.2) is 4.79 Å². The third-order valence-corrected chi connectivity index (χ3v) is 2.54. The van der Waals surface area contributed by atoms with Crippen LogP contribution in [-0.4, -0.2) is 14.8 Å². The predicted octanol–water partition coefficient (Wildman–Crippen LogP) is 1.56. The molecule has 2 rings (SSSR count). The van der Waals surface area contributed by atoms with E-state index in [0.29, 0.717) is 17.3 Å². The number of halogens is 2. The van der Waals surface area contributed by atoms with Gasteiger partial charge in [-0.1, -0.05) is 12.1 Å². The number of hydrogen-bond acceptors (Lipinski definition) is 2. The molecule has 6 heteroatoms. The fraction of sp³-hybridized carbons (Fsp3) is 0.200. The Morgan fingerprint density at radius 3 is 2.62 bits per heavy atom. The number of fused-ring (bicyclic) bond motifs is 1. The number of nitrogens with one attached hydrogen (secondary N) is 2. The molecule has 0 fully saturated rings. The lowest BCUT2D eigenvalue weighted by atomic mass is 10.1. The monoisotopic (exact) mass is 258 g/mol. The molecule has 1 aromatic heterocycles. The molecule has 0 aliphatic carbocycles. The van der Waals surface area contributed by atoms with Crippen molar-refractivity contribution in [1.82, 2.24) is 9.97 Å². The summed E-state index contributed by atoms with van der Waals surface area (Å²) in [6.45, 7) is 0. The Balaban J connectivity index is 2.76. The number of hydrogen-bond donors (Lipinski definition) is 2. The van der Waals surface area contributed by atoms with E-state index < -0.39 is 16.1 Å². The number of H-pyrrole nitrogens is 2. The predicted molar refractivity (Wildman–Crippen MR) is 64.4 cm³/mol. The van der Waals surface area contributed by atoms with Gasteiger partial charge < -0.3 is 4.98 Å². The molecular formula is C10H8Cl2N2O2. The van der Waals surface area contributed by atoms with E-state index in [9.17, 15) is 9.59 Å². The largest absolute Gasteiger partial charge is 0.326 e. The van der Waals surface area contributed by atoms with Gasteiger partial charge in [0.15, 0.2) is 0 Å². The van der Waals surface area contributed by atoms with Crippen molar-refractivity contribution >= 4 is 34.1 Å². The Bertz CT molecular complexity index is 630. The third-order valence-electron chi connectivity index (χ3n) is 2.24. The number of alkyl halides is 2. The van der Waals surface area contributed by atoms with Crippen molar-refractivity contribution in [1.29, 1.82) is 0 Å². The summed E-state index contributed by atoms with van der Waals surface area (Å²) < 4.78 is 0. The van der Waals surface area contributed by atoms with Crippen LogP contribution in [0.4, 0.5) is 0 Å². The summed E-state index contributed by atoms with van der Waals surface area (Å²) >= 11 is 11.4. The van der Waals surface area contributed by atoms with E-state index in [1.54, 1.807) is 18.2 Å². The summed E-state index contributed by atoms with van der Waals surface area (Å²) in [5, 5.41) is 0.422. The van der Waals surface area contributed by atoms with Gasteiger partial charge in [0.1, 0.15) is 4.84 Å². The number of rotatable bonds is 2. The van der Waals surface area contributed by atoms with Crippen molar-refractivity contribution in [2.45, 2.75) is 11.3 Å². The molecule has 0 atom stereocenters. The average molecular weight is 259 g/mol. The minimum Gasteiger partial charge on any atom is -0.307 e. The van der Waals surface area contributed by atoms with Crippen molar-refractivity contribution in [3.63, 3.8) is 0 Å². The Kier molecular flexibility index (Phi) is 3.03. The Morgan fingerprint density at radius 2 is 1.94 bits per heavy atom. The van der Waals surface area contributed by atoms with Crippen LogP contribution in [0.5, 0.6) is 0 Å². The molecule has 0 radical (unpaired) electrons. The van der Waals surface area contributed by atoms with Crippen LogP contribution in [0.2, 0.25) is 0 Å². The fourth-order valence-electron chi connectivity index (χ4n) is 1.59. The van der Waals surface area contributed by atoms with Gasteiger partial charge in [-0.05, 0) is 11.6 Å². The lowest BCUT2D eigenvalue weighted by Crippen LogP contribution is -2.22. The highest BCUT2D eigenvalue weighted by Gasteiger charge is 2.08. The van der Waals surface area contributed by atoms with Crippen LogP contribution in [0.3, 0.4) is 0 Å². The van der Waals surface area contributed by atoms with Crippen LogP contribution in [0.1, 0.15) is 5.56 Å². The minimum absolute atomic E-state index is 0.375. The van der Waals surface area contributed by atoms with E-state index in [-0.39, 0.29) is 0 Å². The standard InChI is InChI=1S/C10H8Cl2N2O2/c11-7(12)4-5-2-1-3-6-8(5)13-10(16)14-9(6)15/h1-3,7H,4H2,(H2,13,14,15,16). The molecule has 0 saturated carbocycles. The number of para-hydroxylation sites is 1. The molecule has 4 nitrogen and oxygen atoms in total. The van der Waals surface area contributed by atoms with Crippen LogP contribution in [0.15, 0.2) is 27.8 Å². The van der Waals surface area contributed by atoms with Crippen molar-refractivity contribution in [2.75, 3.05) is 0 Å². The Morgan fingerprint density at radius 1 is 1.19 bits per heavy atom. The smallest absolute Gasteiger partial charge is 0.307 e. The quantitative estimate of drug-likeness (QED) is 0.804. The first-order valence-corrected chi connectivity index (χ1v) is 5.47. The fourth-order valence-corrected chi connectivity index (χ4v) is 1.92. The van der Waals surface area contributed by atoms with E-state index in [1.807, 2.05) is 0 Å². The summed E-state index contributed by atoms with van der Waals surface area (Å²) in [5.74, 6) is 0. The molecule has 1 aromatic carbocycles. The highest BCUT2D eigenvalue weighted by Crippen LogP contribution is 2.17. The van der Waals surface area contributed by atoms with Crippen molar-refractivity contribution in [3.05, 3.63) is 44.6 Å². The minimum atomic E-state index is -0.576. The first kappa shape index (κ1) is 11.2. The Hall–Kier alpha value is -1.26. The molecule has 1 heterocycles. The zero-order valence-electron chi connectivity index (χ0n) is 8.09. The lowest BCUT2D eigenvalue weighted by molar-refractivity contribution is 1.05. The third kappa shape index (κ3) is 2.13. The molecule has 0 aliphatic heterocycles. The molecular weight excluding hydrogens is 251 g/mol. The van der Waals surface area contributed by atoms with Crippen molar-refractivity contribution < 1.29 is 0 Å². The van der Waals surface area contributed by atoms with E-state index >= 15 is 0 Å². The molecule has 84 valence electrons. The summed E-state index contributed by atoms with van der Waals surface area (Å²) in [7, 11) is 0. The molecule has 0 spiro atoms. The maximum atomic E-state index is 11.5. The number of aromatic amines is 2. The first-order chi connectivity index (χ1) is 7.58. The highest BCUT2D eigenvalue weighted by molar-refractivity contribution is 6.44. The van der Waals surface area contributed by atoms with Crippen molar-refractivity contribution in [3.8, 4) is 0 Å². The zero-order chi connectivity index (χ0) is 11.7. The van der Waals surface area contributed by atoms with E-state index in [4.69, 9.17) is 23.2 Å². The molecule has 0 bridgehead atoms. The molecule has 0 aliphatic rings. The first-order valence-electron chi connectivity index (χ1n) is 4.60. The highest BCUT2D eigenvalue weighted by atomic mass is 35.5. The zero-order valence-corrected chi connectivity index (χ0v) is 9.60. The lowest BCUT2D eigenvalue weighted by Gasteiger charge is -2.05. The van der Waals surface area contributed by atoms with Gasteiger partial charge in [-0.3, -0.25) is 9.78 Å². The van der Waals surface area contributed by atoms with Crippen LogP contribution >= 0.6 is 23.2 Å². The van der Waals surface area contributed by atoms with E-state index in [1.165, 1.54) is 0 Å². The van der Waals surface area contributed by atoms with Gasteiger partial charge in [0.05, 0.1) is 10.9 Å². The summed E-state index contributed by atoms with van der Waals surface area (Å²) in [4.78, 5) is 26.8. The maximum absolute atomic E-state index is 11.5. The SMILES string of the molecule is O=c1[nH]c(=O)c2cccc(CC(Cl)Cl)c2[nH]1. The molecule has 16 heavy (non-hydrogen) atoms. The molecule has 0 unspecified atom stereocenters. The summed E-state index contributed by atoms with van der Waals surface area (Å²) in [5.41, 5.74) is 0.283. The second-order valence-corrected chi connectivity index (χ2v) is 4.62. The summed E-state index contributed by atoms with van der Waals surface area (Å²) in [6, 6.07) is 5.13. The number of benzene rings is 1. The van der Waals surface area contributed by atoms with Crippen LogP contribution in [0, 0.1) is 0 Å². The van der Waals surface area contributed by atoms with Gasteiger partial charge in [-0.15, -0.1) is 23.2 Å². The van der Waals surface area contributed by atoms with Gasteiger partial charge >= 0.3 is 5.69 Å². The van der Waals surface area contributed by atoms with Crippen molar-refractivity contribution in [2.24, 2.45) is 0 Å². The Labute approximate surface area is 100 Å². The van der Waals surface area contributed by atoms with Gasteiger partial charge in [-0.2, -0.15) is 0 Å². The molecule has 0 saturated heterocycles. The second kappa shape index (κ2) is 4.31. The van der Waals surface area contributed by atoms with E-state index in [2.05, 4.69) is 9.97 Å². The molecule has 2 aromatic rings. The average Bonchev–Trinajstić information content (AvgIpc) is 2.18. The maximum Gasteiger partial charge on any atom is 0.326 e. The normalized spacial score (nSPS) is 11.2. The van der Waals surface area contributed by atoms with Gasteiger partial charge in [0, 0.05) is 6.42 Å². The van der Waals surface area contributed by atoms with Crippen LogP contribution in [0.25, 0.3) is 10.9 Å². The topological polar surface area (TPSA) is 65.7 Å². The van der Waals surface area contributed by atoms with E-state index in [0.717, 1.165) is 5.56 Å². The van der Waals surface area contributed by atoms with Crippen LogP contribution < -0.4 is 11.2 Å². The number of aromatic nitrogens is 2. The summed E-state index contributed by atoms with van der Waals surface area (Å²) in [6.07, 6.45) is 0.375.